The number of ether oxygens (including phenoxy) is 1. The average molecular weight is 406 g/mol. The number of hydrogen-bond donors (Lipinski definition) is 0. The Morgan fingerprint density at radius 2 is 1.87 bits per heavy atom. The minimum absolute atomic E-state index is 0.0219. The topological polar surface area (TPSA) is 46.6 Å². The molecule has 0 amide bonds. The number of ketones is 1. The van der Waals surface area contributed by atoms with Crippen molar-refractivity contribution in [2.45, 2.75) is 51.4 Å². The quantitative estimate of drug-likeness (QED) is 0.663. The number of allylic oxidation sites excluding steroid dienone is 4. The first-order valence-corrected chi connectivity index (χ1v) is 11.3. The summed E-state index contributed by atoms with van der Waals surface area (Å²) in [6, 6.07) is 8.81. The van der Waals surface area contributed by atoms with Crippen molar-refractivity contribution in [2.24, 2.45) is 17.3 Å². The monoisotopic (exact) mass is 405 g/mol. The number of carbonyl (C=O) groups is 2. The molecule has 4 atom stereocenters. The van der Waals surface area contributed by atoms with E-state index in [2.05, 4.69) is 56.3 Å². The second-order valence-electron chi connectivity index (χ2n) is 9.91. The van der Waals surface area contributed by atoms with Crippen LogP contribution in [0.5, 0.6) is 0 Å². The van der Waals surface area contributed by atoms with E-state index >= 15 is 0 Å². The van der Waals surface area contributed by atoms with Crippen LogP contribution in [0.1, 0.15) is 56.9 Å². The minimum atomic E-state index is -0.437. The van der Waals surface area contributed by atoms with Crippen molar-refractivity contribution in [2.75, 3.05) is 25.6 Å². The summed E-state index contributed by atoms with van der Waals surface area (Å²) in [5.41, 5.74) is 6.23. The normalized spacial score (nSPS) is 33.2. The lowest BCUT2D eigenvalue weighted by Gasteiger charge is -2.53. The first kappa shape index (κ1) is 19.6. The van der Waals surface area contributed by atoms with E-state index in [9.17, 15) is 9.59 Å². The van der Waals surface area contributed by atoms with Crippen LogP contribution in [0.4, 0.5) is 5.69 Å². The Labute approximate surface area is 179 Å². The predicted octanol–water partition coefficient (Wildman–Crippen LogP) is 4.81. The Balaban J connectivity index is 1.63. The molecule has 5 rings (SSSR count). The molecule has 158 valence electrons. The number of rotatable bonds is 2. The Bertz CT molecular complexity index is 955. The Kier molecular flexibility index (Phi) is 4.64. The van der Waals surface area contributed by atoms with E-state index in [1.54, 1.807) is 0 Å². The molecule has 3 aliphatic carbocycles. The summed E-state index contributed by atoms with van der Waals surface area (Å²) >= 11 is 0. The van der Waals surface area contributed by atoms with Gasteiger partial charge in [-0.05, 0) is 73.3 Å². The zero-order valence-corrected chi connectivity index (χ0v) is 18.2. The molecule has 0 aromatic heterocycles. The van der Waals surface area contributed by atoms with Gasteiger partial charge >= 0.3 is 5.97 Å². The highest BCUT2D eigenvalue weighted by Gasteiger charge is 2.56. The lowest BCUT2D eigenvalue weighted by molar-refractivity contribution is -0.171. The van der Waals surface area contributed by atoms with E-state index in [1.807, 2.05) is 0 Å². The van der Waals surface area contributed by atoms with E-state index in [0.717, 1.165) is 25.7 Å². The molecular formula is C26H31NO3. The summed E-state index contributed by atoms with van der Waals surface area (Å²) in [5, 5.41) is 0. The van der Waals surface area contributed by atoms with Crippen LogP contribution in [-0.4, -0.2) is 32.5 Å². The fourth-order valence-electron chi connectivity index (χ4n) is 6.46. The highest BCUT2D eigenvalue weighted by Crippen LogP contribution is 2.60. The molecule has 4 aliphatic rings. The van der Waals surface area contributed by atoms with Gasteiger partial charge in [0.05, 0.1) is 12.0 Å². The molecular weight excluding hydrogens is 374 g/mol. The number of hydrogen-bond acceptors (Lipinski definition) is 4. The van der Waals surface area contributed by atoms with Crippen molar-refractivity contribution in [3.63, 3.8) is 0 Å². The van der Waals surface area contributed by atoms with Crippen LogP contribution in [0, 0.1) is 17.3 Å². The molecule has 1 aromatic rings. The zero-order valence-electron chi connectivity index (χ0n) is 18.2. The van der Waals surface area contributed by atoms with Crippen LogP contribution in [-0.2, 0) is 14.3 Å². The molecule has 0 radical (unpaired) electrons. The van der Waals surface area contributed by atoms with Crippen LogP contribution < -0.4 is 4.90 Å². The summed E-state index contributed by atoms with van der Waals surface area (Å²) in [5.74, 6) is 1.25. The number of esters is 1. The van der Waals surface area contributed by atoms with Gasteiger partial charge in [0.15, 0.2) is 0 Å². The highest BCUT2D eigenvalue weighted by atomic mass is 16.5. The smallest absolute Gasteiger partial charge is 0.312 e. The third-order valence-electron chi connectivity index (χ3n) is 8.04. The van der Waals surface area contributed by atoms with Gasteiger partial charge in [0.2, 0.25) is 0 Å². The number of carbonyl (C=O) groups excluding carboxylic acids is 2. The van der Waals surface area contributed by atoms with Crippen molar-refractivity contribution >= 4 is 17.4 Å². The fourth-order valence-corrected chi connectivity index (χ4v) is 6.46. The molecule has 0 bridgehead atoms. The van der Waals surface area contributed by atoms with E-state index < -0.39 is 5.41 Å². The molecule has 4 heteroatoms. The Morgan fingerprint density at radius 1 is 1.10 bits per heavy atom. The lowest BCUT2D eigenvalue weighted by Crippen LogP contribution is -2.51. The number of nitrogens with zero attached hydrogens (tertiary/aromatic N) is 1. The Hall–Kier alpha value is -2.36. The SMILES string of the molecule is CN(C)c1ccc([C@@H]2C[C@]3(C)C(=O)OCC[C@H]3[C@@H]3CC=C4CC(=O)CCC4=C23)cc1. The predicted molar refractivity (Wildman–Crippen MR) is 117 cm³/mol. The molecule has 1 aromatic carbocycles. The van der Waals surface area contributed by atoms with Crippen molar-refractivity contribution in [1.82, 2.24) is 0 Å². The first-order valence-electron chi connectivity index (χ1n) is 11.3. The molecule has 3 fully saturated rings. The van der Waals surface area contributed by atoms with Gasteiger partial charge in [-0.2, -0.15) is 0 Å². The number of cyclic esters (lactones) is 1. The number of anilines is 1. The molecule has 30 heavy (non-hydrogen) atoms. The Morgan fingerprint density at radius 3 is 2.60 bits per heavy atom. The van der Waals surface area contributed by atoms with Crippen molar-refractivity contribution in [1.29, 1.82) is 0 Å². The van der Waals surface area contributed by atoms with E-state index in [-0.39, 0.29) is 11.9 Å². The van der Waals surface area contributed by atoms with E-state index in [1.165, 1.54) is 28.0 Å². The molecule has 1 heterocycles. The fraction of sp³-hybridized carbons (Fsp3) is 0.538. The van der Waals surface area contributed by atoms with Crippen LogP contribution in [0.2, 0.25) is 0 Å². The molecule has 2 saturated carbocycles. The maximum Gasteiger partial charge on any atom is 0.312 e. The molecule has 0 spiro atoms. The van der Waals surface area contributed by atoms with Crippen molar-refractivity contribution < 1.29 is 14.3 Å². The second-order valence-corrected chi connectivity index (χ2v) is 9.91. The minimum Gasteiger partial charge on any atom is -0.465 e. The number of benzene rings is 1. The van der Waals surface area contributed by atoms with Crippen molar-refractivity contribution in [3.05, 3.63) is 52.6 Å². The second kappa shape index (κ2) is 7.11. The summed E-state index contributed by atoms with van der Waals surface area (Å²) in [6.07, 6.45) is 7.09. The van der Waals surface area contributed by atoms with Gasteiger partial charge in [-0.15, -0.1) is 0 Å². The molecule has 1 saturated heterocycles. The van der Waals surface area contributed by atoms with Crippen LogP contribution in [0.25, 0.3) is 0 Å². The summed E-state index contributed by atoms with van der Waals surface area (Å²) in [7, 11) is 4.11. The first-order chi connectivity index (χ1) is 14.4. The van der Waals surface area contributed by atoms with E-state index in [4.69, 9.17) is 4.74 Å². The summed E-state index contributed by atoms with van der Waals surface area (Å²) in [4.78, 5) is 27.2. The highest BCUT2D eigenvalue weighted by molar-refractivity contribution is 5.85. The number of fused-ring (bicyclic) bond motifs is 4. The van der Waals surface area contributed by atoms with Gasteiger partial charge in [-0.1, -0.05) is 23.8 Å². The van der Waals surface area contributed by atoms with Gasteiger partial charge < -0.3 is 9.64 Å². The van der Waals surface area contributed by atoms with Crippen molar-refractivity contribution in [3.8, 4) is 0 Å². The standard InChI is InChI=1S/C26H31NO3/c1-26-15-22(16-4-7-18(8-5-16)27(2)3)24-20-11-9-19(28)14-17(20)6-10-21(24)23(26)12-13-30-25(26)29/h4-8,21-23H,9-15H2,1-3H3/t21-,22-,23-,26-/m0/s1. The summed E-state index contributed by atoms with van der Waals surface area (Å²) in [6.45, 7) is 2.67. The largest absolute Gasteiger partial charge is 0.465 e. The van der Waals surface area contributed by atoms with E-state index in [0.29, 0.717) is 37.1 Å². The maximum absolute atomic E-state index is 13.0. The van der Waals surface area contributed by atoms with Gasteiger partial charge in [0, 0.05) is 38.5 Å². The molecule has 0 unspecified atom stereocenters. The van der Waals surface area contributed by atoms with Gasteiger partial charge in [0.25, 0.3) is 0 Å². The molecule has 0 N–H and O–H groups in total. The lowest BCUT2D eigenvalue weighted by atomic mass is 9.52. The van der Waals surface area contributed by atoms with Gasteiger partial charge in [-0.25, -0.2) is 0 Å². The average Bonchev–Trinajstić information content (AvgIpc) is 2.73. The maximum atomic E-state index is 13.0. The third kappa shape index (κ3) is 2.95. The number of Topliss-reactive ketones (excluding diaryl/α,β-unsaturated/α-hetero) is 1. The van der Waals surface area contributed by atoms with Gasteiger partial charge in [0.1, 0.15) is 5.78 Å². The van der Waals surface area contributed by atoms with Crippen LogP contribution >= 0.6 is 0 Å². The van der Waals surface area contributed by atoms with Crippen LogP contribution in [0.3, 0.4) is 0 Å². The zero-order chi connectivity index (χ0) is 21.0. The molecule has 1 aliphatic heterocycles. The van der Waals surface area contributed by atoms with Crippen LogP contribution in [0.15, 0.2) is 47.1 Å². The summed E-state index contributed by atoms with van der Waals surface area (Å²) < 4.78 is 5.56. The van der Waals surface area contributed by atoms with Gasteiger partial charge in [-0.3, -0.25) is 9.59 Å². The molecule has 4 nitrogen and oxygen atoms in total. The third-order valence-corrected chi connectivity index (χ3v) is 8.04.